The predicted molar refractivity (Wildman–Crippen MR) is 106 cm³/mol. The lowest BCUT2D eigenvalue weighted by molar-refractivity contribution is 0.0940. The van der Waals surface area contributed by atoms with Crippen molar-refractivity contribution in [3.63, 3.8) is 0 Å². The summed E-state index contributed by atoms with van der Waals surface area (Å²) in [5.41, 5.74) is 2.90. The Morgan fingerprint density at radius 2 is 1.62 bits per heavy atom. The third kappa shape index (κ3) is 4.75. The van der Waals surface area contributed by atoms with Crippen molar-refractivity contribution >= 4 is 23.3 Å². The highest BCUT2D eigenvalue weighted by molar-refractivity contribution is 6.02. The summed E-state index contributed by atoms with van der Waals surface area (Å²) < 4.78 is 0. The Bertz CT molecular complexity index is 773. The van der Waals surface area contributed by atoms with Gasteiger partial charge >= 0.3 is 6.03 Å². The van der Waals surface area contributed by atoms with Crippen molar-refractivity contribution in [3.05, 3.63) is 59.7 Å². The van der Waals surface area contributed by atoms with Crippen molar-refractivity contribution in [2.45, 2.75) is 13.0 Å². The second-order valence-electron chi connectivity index (χ2n) is 6.56. The minimum absolute atomic E-state index is 0.126. The van der Waals surface area contributed by atoms with Crippen LogP contribution in [0, 0.1) is 0 Å². The summed E-state index contributed by atoms with van der Waals surface area (Å²) in [6.07, 6.45) is 0. The molecule has 0 fully saturated rings. The van der Waals surface area contributed by atoms with Gasteiger partial charge in [-0.3, -0.25) is 4.79 Å². The minimum Gasteiger partial charge on any atom is -0.377 e. The first-order valence-corrected chi connectivity index (χ1v) is 8.45. The highest BCUT2D eigenvalue weighted by Gasteiger charge is 2.17. The molecule has 0 saturated heterocycles. The van der Waals surface area contributed by atoms with Gasteiger partial charge in [-0.1, -0.05) is 30.3 Å². The van der Waals surface area contributed by atoms with Crippen LogP contribution in [0.15, 0.2) is 48.5 Å². The van der Waals surface area contributed by atoms with Gasteiger partial charge in [0, 0.05) is 39.6 Å². The number of anilines is 2. The monoisotopic (exact) mass is 354 g/mol. The average molecular weight is 354 g/mol. The highest BCUT2D eigenvalue weighted by atomic mass is 16.2. The lowest BCUT2D eigenvalue weighted by atomic mass is 10.1. The van der Waals surface area contributed by atoms with Crippen LogP contribution >= 0.6 is 0 Å². The molecule has 1 atom stereocenters. The molecule has 2 aromatic carbocycles. The summed E-state index contributed by atoms with van der Waals surface area (Å²) in [5, 5.41) is 5.80. The quantitative estimate of drug-likeness (QED) is 0.865. The summed E-state index contributed by atoms with van der Waals surface area (Å²) in [4.78, 5) is 28.1. The van der Waals surface area contributed by atoms with Crippen LogP contribution in [-0.4, -0.2) is 45.0 Å². The topological polar surface area (TPSA) is 64.7 Å². The maximum atomic E-state index is 12.9. The fourth-order valence-electron chi connectivity index (χ4n) is 2.52. The smallest absolute Gasteiger partial charge is 0.321 e. The van der Waals surface area contributed by atoms with E-state index in [1.165, 1.54) is 4.90 Å². The highest BCUT2D eigenvalue weighted by Crippen LogP contribution is 2.24. The van der Waals surface area contributed by atoms with Crippen LogP contribution in [0.1, 0.15) is 28.9 Å². The van der Waals surface area contributed by atoms with E-state index in [1.54, 1.807) is 26.2 Å². The van der Waals surface area contributed by atoms with Crippen molar-refractivity contribution in [2.75, 3.05) is 38.4 Å². The van der Waals surface area contributed by atoms with E-state index in [2.05, 4.69) is 10.6 Å². The van der Waals surface area contributed by atoms with Gasteiger partial charge in [0.2, 0.25) is 0 Å². The Morgan fingerprint density at radius 3 is 2.19 bits per heavy atom. The van der Waals surface area contributed by atoms with E-state index in [9.17, 15) is 9.59 Å². The van der Waals surface area contributed by atoms with Crippen molar-refractivity contribution < 1.29 is 9.59 Å². The molecular formula is C20H26N4O2. The molecule has 0 aliphatic heterocycles. The van der Waals surface area contributed by atoms with Crippen LogP contribution in [0.25, 0.3) is 0 Å². The van der Waals surface area contributed by atoms with Gasteiger partial charge < -0.3 is 20.4 Å². The van der Waals surface area contributed by atoms with Gasteiger partial charge in [0.25, 0.3) is 5.91 Å². The van der Waals surface area contributed by atoms with Crippen molar-refractivity contribution in [3.8, 4) is 0 Å². The maximum Gasteiger partial charge on any atom is 0.321 e. The first kappa shape index (κ1) is 19.3. The summed E-state index contributed by atoms with van der Waals surface area (Å²) in [7, 11) is 7.09. The van der Waals surface area contributed by atoms with Crippen LogP contribution in [0.2, 0.25) is 0 Å². The Hall–Kier alpha value is -3.02. The summed E-state index contributed by atoms with van der Waals surface area (Å²) >= 11 is 0. The molecule has 6 nitrogen and oxygen atoms in total. The molecular weight excluding hydrogens is 328 g/mol. The Kier molecular flexibility index (Phi) is 6.22. The lowest BCUT2D eigenvalue weighted by Gasteiger charge is -2.21. The molecule has 0 aromatic heterocycles. The number of hydrogen-bond acceptors (Lipinski definition) is 3. The van der Waals surface area contributed by atoms with E-state index in [0.29, 0.717) is 11.3 Å². The van der Waals surface area contributed by atoms with Crippen molar-refractivity contribution in [1.29, 1.82) is 0 Å². The number of nitrogens with one attached hydrogen (secondary N) is 2. The molecule has 0 aliphatic carbocycles. The van der Waals surface area contributed by atoms with Crippen LogP contribution in [-0.2, 0) is 0 Å². The molecule has 2 N–H and O–H groups in total. The molecule has 0 spiro atoms. The van der Waals surface area contributed by atoms with Crippen molar-refractivity contribution in [1.82, 2.24) is 10.2 Å². The molecule has 0 radical (unpaired) electrons. The van der Waals surface area contributed by atoms with E-state index in [0.717, 1.165) is 11.3 Å². The fourth-order valence-corrected chi connectivity index (χ4v) is 2.52. The molecule has 1 unspecified atom stereocenters. The molecule has 6 heteroatoms. The summed E-state index contributed by atoms with van der Waals surface area (Å²) in [6, 6.07) is 14.7. The Labute approximate surface area is 154 Å². The zero-order chi connectivity index (χ0) is 19.3. The van der Waals surface area contributed by atoms with Gasteiger partial charge in [-0.05, 0) is 30.7 Å². The molecule has 3 amide bonds. The summed E-state index contributed by atoms with van der Waals surface area (Å²) in [6.45, 7) is 1.94. The number of carbonyl (C=O) groups excluding carboxylic acids is 2. The second kappa shape index (κ2) is 8.38. The standard InChI is InChI=1S/C20H26N4O2/c1-14(15-9-7-6-8-10-15)21-19(25)17-13-16(22-20(26)24(4)5)11-12-18(17)23(2)3/h6-14H,1-5H3,(H,21,25)(H,22,26). The first-order valence-electron chi connectivity index (χ1n) is 8.45. The zero-order valence-corrected chi connectivity index (χ0v) is 15.9. The van der Waals surface area contributed by atoms with E-state index >= 15 is 0 Å². The van der Waals surface area contributed by atoms with Gasteiger partial charge in [0.15, 0.2) is 0 Å². The van der Waals surface area contributed by atoms with Crippen LogP contribution in [0.3, 0.4) is 0 Å². The molecule has 0 bridgehead atoms. The summed E-state index contributed by atoms with van der Waals surface area (Å²) in [5.74, 6) is -0.189. The Morgan fingerprint density at radius 1 is 0.962 bits per heavy atom. The molecule has 2 aromatic rings. The number of benzene rings is 2. The molecule has 138 valence electrons. The van der Waals surface area contributed by atoms with Crippen LogP contribution in [0.5, 0.6) is 0 Å². The number of rotatable bonds is 5. The second-order valence-corrected chi connectivity index (χ2v) is 6.56. The normalized spacial score (nSPS) is 11.4. The number of urea groups is 1. The third-order valence-corrected chi connectivity index (χ3v) is 4.03. The SMILES string of the molecule is CC(NC(=O)c1cc(NC(=O)N(C)C)ccc1N(C)C)c1ccccc1. The predicted octanol–water partition coefficient (Wildman–Crippen LogP) is 3.34. The zero-order valence-electron chi connectivity index (χ0n) is 15.9. The maximum absolute atomic E-state index is 12.9. The molecule has 0 saturated carbocycles. The van der Waals surface area contributed by atoms with Gasteiger partial charge in [0.05, 0.1) is 11.6 Å². The fraction of sp³-hybridized carbons (Fsp3) is 0.300. The number of nitrogens with zero attached hydrogens (tertiary/aromatic N) is 2. The minimum atomic E-state index is -0.244. The molecule has 0 heterocycles. The number of carbonyl (C=O) groups is 2. The van der Waals surface area contributed by atoms with E-state index in [-0.39, 0.29) is 18.0 Å². The van der Waals surface area contributed by atoms with E-state index in [1.807, 2.05) is 62.3 Å². The van der Waals surface area contributed by atoms with E-state index in [4.69, 9.17) is 0 Å². The van der Waals surface area contributed by atoms with Gasteiger partial charge in [-0.2, -0.15) is 0 Å². The third-order valence-electron chi connectivity index (χ3n) is 4.03. The Balaban J connectivity index is 2.26. The van der Waals surface area contributed by atoms with Gasteiger partial charge in [-0.25, -0.2) is 4.79 Å². The first-order chi connectivity index (χ1) is 12.3. The van der Waals surface area contributed by atoms with Crippen LogP contribution in [0.4, 0.5) is 16.2 Å². The van der Waals surface area contributed by atoms with Crippen LogP contribution < -0.4 is 15.5 Å². The van der Waals surface area contributed by atoms with E-state index < -0.39 is 0 Å². The number of hydrogen-bond donors (Lipinski definition) is 2. The molecule has 0 aliphatic rings. The average Bonchev–Trinajstić information content (AvgIpc) is 2.61. The largest absolute Gasteiger partial charge is 0.377 e. The van der Waals surface area contributed by atoms with Gasteiger partial charge in [-0.15, -0.1) is 0 Å². The molecule has 2 rings (SSSR count). The van der Waals surface area contributed by atoms with Gasteiger partial charge in [0.1, 0.15) is 0 Å². The molecule has 26 heavy (non-hydrogen) atoms. The van der Waals surface area contributed by atoms with Crippen molar-refractivity contribution in [2.24, 2.45) is 0 Å². The number of amides is 3. The lowest BCUT2D eigenvalue weighted by Crippen LogP contribution is -2.29.